The Balaban J connectivity index is 1.20. The summed E-state index contributed by atoms with van der Waals surface area (Å²) >= 11 is 0. The zero-order valence-electron chi connectivity index (χ0n) is 15.5. The number of amides is 2. The van der Waals surface area contributed by atoms with Crippen molar-refractivity contribution in [2.45, 2.75) is 32.2 Å². The number of benzene rings is 1. The van der Waals surface area contributed by atoms with E-state index in [1.807, 2.05) is 12.1 Å². The lowest BCUT2D eigenvalue weighted by molar-refractivity contribution is 0.233. The fraction of sp³-hybridized carbons (Fsp3) is 0.429. The molecule has 2 aliphatic rings. The molecule has 2 N–H and O–H groups in total. The van der Waals surface area contributed by atoms with Gasteiger partial charge < -0.3 is 10.1 Å². The fourth-order valence-electron chi connectivity index (χ4n) is 3.68. The van der Waals surface area contributed by atoms with Crippen LogP contribution in [0.3, 0.4) is 0 Å². The van der Waals surface area contributed by atoms with Crippen LogP contribution >= 0.6 is 0 Å². The molecule has 2 aliphatic heterocycles. The van der Waals surface area contributed by atoms with Crippen LogP contribution in [0.4, 0.5) is 10.6 Å². The minimum absolute atomic E-state index is 0.207. The van der Waals surface area contributed by atoms with E-state index >= 15 is 0 Å². The van der Waals surface area contributed by atoms with Crippen LogP contribution in [0.5, 0.6) is 5.88 Å². The number of ether oxygens (including phenoxy) is 1. The van der Waals surface area contributed by atoms with Crippen molar-refractivity contribution in [2.24, 2.45) is 0 Å². The summed E-state index contributed by atoms with van der Waals surface area (Å²) < 4.78 is 5.79. The Kier molecular flexibility index (Phi) is 5.53. The molecule has 0 saturated heterocycles. The summed E-state index contributed by atoms with van der Waals surface area (Å²) in [5.41, 5.74) is 3.99. The molecule has 0 unspecified atom stereocenters. The van der Waals surface area contributed by atoms with Gasteiger partial charge in [-0.2, -0.15) is 4.98 Å². The molecule has 6 nitrogen and oxygen atoms in total. The highest BCUT2D eigenvalue weighted by Crippen LogP contribution is 2.21. The van der Waals surface area contributed by atoms with Gasteiger partial charge in [0, 0.05) is 25.7 Å². The molecule has 27 heavy (non-hydrogen) atoms. The molecule has 2 amide bonds. The second-order valence-electron chi connectivity index (χ2n) is 7.14. The van der Waals surface area contributed by atoms with Crippen molar-refractivity contribution >= 4 is 11.8 Å². The molecule has 0 radical (unpaired) electrons. The molecule has 6 heteroatoms. The molecule has 0 fully saturated rings. The molecule has 0 bridgehead atoms. The molecule has 2 aromatic rings. The van der Waals surface area contributed by atoms with Crippen LogP contribution in [0.2, 0.25) is 0 Å². The average molecular weight is 366 g/mol. The first-order chi connectivity index (χ1) is 13.3. The molecular weight excluding hydrogens is 340 g/mol. The summed E-state index contributed by atoms with van der Waals surface area (Å²) in [5.74, 6) is 1.18. The predicted octanol–water partition coefficient (Wildman–Crippen LogP) is 2.98. The van der Waals surface area contributed by atoms with Crippen molar-refractivity contribution in [3.05, 3.63) is 53.1 Å². The average Bonchev–Trinajstić information content (AvgIpc) is 2.87. The first-order valence-electron chi connectivity index (χ1n) is 9.75. The zero-order valence-corrected chi connectivity index (χ0v) is 15.5. The Morgan fingerprint density at radius 3 is 2.85 bits per heavy atom. The monoisotopic (exact) mass is 366 g/mol. The van der Waals surface area contributed by atoms with Gasteiger partial charge in [0.05, 0.1) is 6.61 Å². The van der Waals surface area contributed by atoms with E-state index in [2.05, 4.69) is 44.8 Å². The maximum Gasteiger partial charge on any atom is 0.320 e. The lowest BCUT2D eigenvalue weighted by Gasteiger charge is -2.28. The number of urea groups is 1. The van der Waals surface area contributed by atoms with E-state index in [1.165, 1.54) is 11.1 Å². The fourth-order valence-corrected chi connectivity index (χ4v) is 3.68. The number of rotatable bonds is 6. The zero-order chi connectivity index (χ0) is 18.5. The minimum Gasteiger partial charge on any atom is -0.478 e. The molecule has 0 saturated carbocycles. The summed E-state index contributed by atoms with van der Waals surface area (Å²) in [6.45, 7) is 4.55. The summed E-state index contributed by atoms with van der Waals surface area (Å²) in [6.07, 6.45) is 4.02. The van der Waals surface area contributed by atoms with Gasteiger partial charge in [0.25, 0.3) is 0 Å². The number of nitrogens with one attached hydrogen (secondary N) is 2. The number of fused-ring (bicyclic) bond motifs is 2. The van der Waals surface area contributed by atoms with Crippen LogP contribution in [0.15, 0.2) is 36.4 Å². The Hall–Kier alpha value is -2.60. The van der Waals surface area contributed by atoms with Crippen molar-refractivity contribution in [3.63, 3.8) is 0 Å². The van der Waals surface area contributed by atoms with E-state index in [-0.39, 0.29) is 6.03 Å². The van der Waals surface area contributed by atoms with E-state index < -0.39 is 0 Å². The van der Waals surface area contributed by atoms with Crippen LogP contribution in [-0.4, -0.2) is 42.2 Å². The molecule has 142 valence electrons. The number of carbonyl (C=O) groups is 1. The van der Waals surface area contributed by atoms with Crippen molar-refractivity contribution in [1.29, 1.82) is 0 Å². The van der Waals surface area contributed by atoms with Crippen molar-refractivity contribution in [3.8, 4) is 5.88 Å². The third-order valence-corrected chi connectivity index (χ3v) is 5.19. The second kappa shape index (κ2) is 8.39. The second-order valence-corrected chi connectivity index (χ2v) is 7.14. The SMILES string of the molecule is O=C1NCCc2ccc(OCCCCN3CCc4ccccc4C3)nc2N1. The molecule has 1 aromatic heterocycles. The minimum atomic E-state index is -0.207. The first-order valence-corrected chi connectivity index (χ1v) is 9.75. The van der Waals surface area contributed by atoms with E-state index in [4.69, 9.17) is 4.74 Å². The van der Waals surface area contributed by atoms with Gasteiger partial charge in [-0.15, -0.1) is 0 Å². The number of unbranched alkanes of at least 4 members (excludes halogenated alkanes) is 1. The quantitative estimate of drug-likeness (QED) is 0.772. The number of nitrogens with zero attached hydrogens (tertiary/aromatic N) is 2. The molecular formula is C21H26N4O2. The van der Waals surface area contributed by atoms with Crippen LogP contribution < -0.4 is 15.4 Å². The first kappa shape index (κ1) is 17.8. The Labute approximate surface area is 159 Å². The molecule has 4 rings (SSSR count). The number of aromatic nitrogens is 1. The summed E-state index contributed by atoms with van der Waals surface area (Å²) in [5, 5.41) is 5.54. The molecule has 1 aromatic carbocycles. The highest BCUT2D eigenvalue weighted by atomic mass is 16.5. The van der Waals surface area contributed by atoms with Crippen LogP contribution in [0, 0.1) is 0 Å². The third kappa shape index (κ3) is 4.57. The summed E-state index contributed by atoms with van der Waals surface area (Å²) in [6, 6.07) is 12.4. The van der Waals surface area contributed by atoms with Crippen molar-refractivity contribution in [1.82, 2.24) is 15.2 Å². The van der Waals surface area contributed by atoms with Gasteiger partial charge in [0.1, 0.15) is 5.82 Å². The Bertz CT molecular complexity index is 809. The third-order valence-electron chi connectivity index (χ3n) is 5.19. The summed E-state index contributed by atoms with van der Waals surface area (Å²) in [4.78, 5) is 18.5. The van der Waals surface area contributed by atoms with Crippen LogP contribution in [0.1, 0.15) is 29.5 Å². The highest BCUT2D eigenvalue weighted by molar-refractivity contribution is 5.89. The Morgan fingerprint density at radius 1 is 1.04 bits per heavy atom. The van der Waals surface area contributed by atoms with Crippen LogP contribution in [-0.2, 0) is 19.4 Å². The number of pyridine rings is 1. The number of anilines is 1. The van der Waals surface area contributed by atoms with Gasteiger partial charge in [-0.1, -0.05) is 24.3 Å². The van der Waals surface area contributed by atoms with Crippen molar-refractivity contribution < 1.29 is 9.53 Å². The van der Waals surface area contributed by atoms with Gasteiger partial charge in [0.2, 0.25) is 5.88 Å². The van der Waals surface area contributed by atoms with E-state index in [0.717, 1.165) is 50.9 Å². The smallest absolute Gasteiger partial charge is 0.320 e. The highest BCUT2D eigenvalue weighted by Gasteiger charge is 2.15. The van der Waals surface area contributed by atoms with E-state index in [1.54, 1.807) is 0 Å². The molecule has 0 spiro atoms. The van der Waals surface area contributed by atoms with Gasteiger partial charge >= 0.3 is 6.03 Å². The van der Waals surface area contributed by atoms with Gasteiger partial charge in [-0.05, 0) is 55.0 Å². The van der Waals surface area contributed by atoms with Gasteiger partial charge in [-0.3, -0.25) is 10.2 Å². The number of hydrogen-bond donors (Lipinski definition) is 2. The number of carbonyl (C=O) groups excluding carboxylic acids is 1. The molecule has 0 atom stereocenters. The van der Waals surface area contributed by atoms with Crippen molar-refractivity contribution in [2.75, 3.05) is 31.6 Å². The summed E-state index contributed by atoms with van der Waals surface area (Å²) in [7, 11) is 0. The predicted molar refractivity (Wildman–Crippen MR) is 105 cm³/mol. The van der Waals surface area contributed by atoms with E-state index in [9.17, 15) is 4.79 Å². The normalized spacial score (nSPS) is 16.5. The maximum absolute atomic E-state index is 11.6. The standard InChI is InChI=1S/C21H26N4O2/c26-21-22-11-9-17-7-8-19(23-20(17)24-21)27-14-4-3-12-25-13-10-16-5-1-2-6-18(16)15-25/h1-2,5-8H,3-4,9-15H2,(H2,22,23,24,26). The van der Waals surface area contributed by atoms with E-state index in [0.29, 0.717) is 24.8 Å². The Morgan fingerprint density at radius 2 is 1.93 bits per heavy atom. The maximum atomic E-state index is 11.6. The topological polar surface area (TPSA) is 66.5 Å². The lowest BCUT2D eigenvalue weighted by Crippen LogP contribution is -2.31. The molecule has 3 heterocycles. The van der Waals surface area contributed by atoms with Gasteiger partial charge in [0.15, 0.2) is 0 Å². The largest absolute Gasteiger partial charge is 0.478 e. The number of hydrogen-bond acceptors (Lipinski definition) is 4. The lowest BCUT2D eigenvalue weighted by atomic mass is 10.00. The van der Waals surface area contributed by atoms with Crippen LogP contribution in [0.25, 0.3) is 0 Å². The molecule has 0 aliphatic carbocycles. The van der Waals surface area contributed by atoms with Gasteiger partial charge in [-0.25, -0.2) is 4.79 Å².